The predicted molar refractivity (Wildman–Crippen MR) is 306 cm³/mol. The predicted octanol–water partition coefficient (Wildman–Crippen LogP) is 19.1. The van der Waals surface area contributed by atoms with Crippen LogP contribution in [0, 0.1) is 0 Å². The van der Waals surface area contributed by atoms with Gasteiger partial charge in [-0.3, -0.25) is 5.32 Å². The van der Waals surface area contributed by atoms with Crippen LogP contribution in [0.5, 0.6) is 0 Å². The van der Waals surface area contributed by atoms with Crippen molar-refractivity contribution in [1.29, 1.82) is 0 Å². The van der Waals surface area contributed by atoms with Crippen LogP contribution in [-0.4, -0.2) is 4.57 Å². The van der Waals surface area contributed by atoms with E-state index in [9.17, 15) is 0 Å². The highest BCUT2D eigenvalue weighted by atomic mass is 15.2. The Morgan fingerprint density at radius 1 is 0.565 bits per heavy atom. The number of nitrogens with zero attached hydrogens (tertiary/aromatic N) is 1. The lowest BCUT2D eigenvalue weighted by Crippen LogP contribution is -2.39. The molecular formula is C66H81N3. The smallest absolute Gasteiger partial charge is 0.104 e. The number of fused-ring (bicyclic) bond motifs is 7. The van der Waals surface area contributed by atoms with Crippen molar-refractivity contribution in [1.82, 2.24) is 15.2 Å². The van der Waals surface area contributed by atoms with Crippen molar-refractivity contribution in [3.63, 3.8) is 0 Å². The van der Waals surface area contributed by atoms with Gasteiger partial charge < -0.3 is 9.88 Å². The number of allylic oxidation sites excluding steroid dienone is 8. The minimum absolute atomic E-state index is 0.0452. The summed E-state index contributed by atoms with van der Waals surface area (Å²) < 4.78 is 2.54. The van der Waals surface area contributed by atoms with Crippen molar-refractivity contribution in [2.24, 2.45) is 0 Å². The number of nitrogens with one attached hydrogen (secondary N) is 2. The maximum Gasteiger partial charge on any atom is 0.104 e. The molecule has 4 aliphatic rings. The molecule has 0 amide bonds. The Morgan fingerprint density at radius 3 is 1.96 bits per heavy atom. The van der Waals surface area contributed by atoms with Crippen LogP contribution in [0.2, 0.25) is 0 Å². The molecule has 7 aromatic rings. The van der Waals surface area contributed by atoms with Gasteiger partial charge in [0.1, 0.15) is 6.17 Å². The SMILES string of the molecule is C1=CCCC(c2ccc(C3NC(c4cccc(-n5c6c(c7c8ccccc8ccc75)-c5ccccc5CC6)c4)=CC(c4ccccc4)N3)cc2)=C1.CC.CC.CC.CC.CC.CC1=C(C)CCC=C1. The molecule has 6 aromatic carbocycles. The van der Waals surface area contributed by atoms with Crippen LogP contribution in [0.4, 0.5) is 0 Å². The molecule has 1 aromatic heterocycles. The Kier molecular flexibility index (Phi) is 21.4. The summed E-state index contributed by atoms with van der Waals surface area (Å²) in [5.74, 6) is 0. The number of hydrogen-bond acceptors (Lipinski definition) is 2. The second kappa shape index (κ2) is 27.5. The fourth-order valence-electron chi connectivity index (χ4n) is 9.46. The van der Waals surface area contributed by atoms with E-state index < -0.39 is 0 Å². The quantitative estimate of drug-likeness (QED) is 0.180. The van der Waals surface area contributed by atoms with Gasteiger partial charge in [-0.25, -0.2) is 0 Å². The fourth-order valence-corrected chi connectivity index (χ4v) is 9.46. The van der Waals surface area contributed by atoms with Crippen LogP contribution >= 0.6 is 0 Å². The van der Waals surface area contributed by atoms with Crippen molar-refractivity contribution in [3.05, 3.63) is 221 Å². The van der Waals surface area contributed by atoms with Crippen molar-refractivity contribution in [2.45, 2.75) is 134 Å². The molecule has 1 aliphatic heterocycles. The topological polar surface area (TPSA) is 29.0 Å². The molecule has 0 saturated carbocycles. The highest BCUT2D eigenvalue weighted by Crippen LogP contribution is 2.45. The van der Waals surface area contributed by atoms with Crippen LogP contribution in [0.3, 0.4) is 0 Å². The first-order valence-corrected chi connectivity index (χ1v) is 26.4. The molecule has 2 unspecified atom stereocenters. The summed E-state index contributed by atoms with van der Waals surface area (Å²) >= 11 is 0. The molecule has 3 nitrogen and oxygen atoms in total. The van der Waals surface area contributed by atoms with Crippen LogP contribution in [0.25, 0.3) is 49.8 Å². The monoisotopic (exact) mass is 916 g/mol. The highest BCUT2D eigenvalue weighted by molar-refractivity contribution is 6.16. The van der Waals surface area contributed by atoms with E-state index in [1.54, 1.807) is 5.57 Å². The Labute approximate surface area is 417 Å². The first kappa shape index (κ1) is 53.5. The first-order chi connectivity index (χ1) is 34.1. The third-order valence-corrected chi connectivity index (χ3v) is 12.8. The van der Waals surface area contributed by atoms with E-state index in [1.807, 2.05) is 69.2 Å². The standard InChI is InChI=1S/C48H39N3.C8H12.5C2H6/c1-3-12-32(13-4-1)33-22-24-37(25-23-33)48-49-42(36-16-5-2-6-17-36)31-43(50-48)38-18-11-19-39(30-38)51-44-28-26-34-14-7-9-20-40(34)46(44)47-41-21-10-8-15-35(41)27-29-45(47)51;1-7-5-3-4-6-8(7)2;5*1-2/h1-3,5-12,14-26,28,30-31,42,48-50H,4,13,27,29H2;3,5H,4,6H2,1-2H3;5*1-2H3. The lowest BCUT2D eigenvalue weighted by atomic mass is 9.87. The molecule has 3 heteroatoms. The number of aryl methyl sites for hydroxylation is 1. The number of benzene rings is 6. The summed E-state index contributed by atoms with van der Waals surface area (Å²) in [4.78, 5) is 0. The summed E-state index contributed by atoms with van der Waals surface area (Å²) in [6.45, 7) is 24.4. The van der Waals surface area contributed by atoms with Crippen LogP contribution in [-0.2, 0) is 12.8 Å². The molecule has 0 saturated heterocycles. The molecule has 2 atom stereocenters. The Hall–Kier alpha value is -6.42. The van der Waals surface area contributed by atoms with E-state index in [2.05, 4.69) is 205 Å². The third kappa shape index (κ3) is 12.4. The Bertz CT molecular complexity index is 2840. The lowest BCUT2D eigenvalue weighted by molar-refractivity contribution is 0.442. The zero-order valence-corrected chi connectivity index (χ0v) is 44.1. The van der Waals surface area contributed by atoms with Gasteiger partial charge in [-0.1, -0.05) is 232 Å². The van der Waals surface area contributed by atoms with E-state index in [-0.39, 0.29) is 12.2 Å². The van der Waals surface area contributed by atoms with Crippen molar-refractivity contribution >= 4 is 32.9 Å². The average molecular weight is 916 g/mol. The minimum Gasteiger partial charge on any atom is -0.366 e. The average Bonchev–Trinajstić information content (AvgIpc) is 3.81. The molecule has 2 heterocycles. The second-order valence-electron chi connectivity index (χ2n) is 16.4. The molecule has 69 heavy (non-hydrogen) atoms. The van der Waals surface area contributed by atoms with Gasteiger partial charge in [0.2, 0.25) is 0 Å². The molecule has 0 fully saturated rings. The van der Waals surface area contributed by atoms with Crippen molar-refractivity contribution in [2.75, 3.05) is 0 Å². The first-order valence-electron chi connectivity index (χ1n) is 26.4. The van der Waals surface area contributed by atoms with Crippen LogP contribution in [0.1, 0.15) is 154 Å². The van der Waals surface area contributed by atoms with Gasteiger partial charge in [0.25, 0.3) is 0 Å². The van der Waals surface area contributed by atoms with Crippen molar-refractivity contribution in [3.8, 4) is 16.8 Å². The summed E-state index contributed by atoms with van der Waals surface area (Å²) in [6.07, 6.45) is 20.2. The van der Waals surface area contributed by atoms with Crippen molar-refractivity contribution < 1.29 is 0 Å². The summed E-state index contributed by atoms with van der Waals surface area (Å²) in [5.41, 5.74) is 18.6. The summed E-state index contributed by atoms with van der Waals surface area (Å²) in [6, 6.07) is 51.6. The molecule has 0 bridgehead atoms. The third-order valence-electron chi connectivity index (χ3n) is 12.8. The lowest BCUT2D eigenvalue weighted by Gasteiger charge is -2.33. The number of hydrogen-bond donors (Lipinski definition) is 2. The zero-order valence-electron chi connectivity index (χ0n) is 44.1. The molecule has 11 rings (SSSR count). The molecule has 2 N–H and O–H groups in total. The van der Waals surface area contributed by atoms with Gasteiger partial charge in [0, 0.05) is 28.0 Å². The molecule has 3 aliphatic carbocycles. The van der Waals surface area contributed by atoms with E-state index in [0.29, 0.717) is 0 Å². The van der Waals surface area contributed by atoms with E-state index in [0.717, 1.165) is 31.4 Å². The van der Waals surface area contributed by atoms with Gasteiger partial charge in [0.15, 0.2) is 0 Å². The maximum absolute atomic E-state index is 3.91. The van der Waals surface area contributed by atoms with Gasteiger partial charge in [0.05, 0.1) is 11.6 Å². The number of aromatic nitrogens is 1. The fraction of sp³-hybridized carbons (Fsp3) is 0.303. The van der Waals surface area contributed by atoms with Crippen LogP contribution < -0.4 is 10.6 Å². The minimum atomic E-state index is -0.0452. The van der Waals surface area contributed by atoms with Gasteiger partial charge in [-0.05, 0) is 126 Å². The van der Waals surface area contributed by atoms with Gasteiger partial charge >= 0.3 is 0 Å². The molecule has 0 radical (unpaired) electrons. The van der Waals surface area contributed by atoms with Gasteiger partial charge in [-0.15, -0.1) is 0 Å². The van der Waals surface area contributed by atoms with Crippen LogP contribution in [0.15, 0.2) is 187 Å². The Morgan fingerprint density at radius 2 is 1.26 bits per heavy atom. The Balaban J connectivity index is 0.000000431. The van der Waals surface area contributed by atoms with E-state index in [1.165, 1.54) is 96.0 Å². The summed E-state index contributed by atoms with van der Waals surface area (Å²) in [5, 5.41) is 11.8. The second-order valence-corrected chi connectivity index (χ2v) is 16.4. The molecule has 0 spiro atoms. The highest BCUT2D eigenvalue weighted by Gasteiger charge is 2.28. The molecular weight excluding hydrogens is 835 g/mol. The van der Waals surface area contributed by atoms with E-state index in [4.69, 9.17) is 0 Å². The summed E-state index contributed by atoms with van der Waals surface area (Å²) in [7, 11) is 0. The van der Waals surface area contributed by atoms with E-state index >= 15 is 0 Å². The number of rotatable bonds is 5. The zero-order chi connectivity index (χ0) is 49.7. The normalized spacial score (nSPS) is 16.1. The molecule has 360 valence electrons. The maximum atomic E-state index is 3.91. The van der Waals surface area contributed by atoms with Gasteiger partial charge in [-0.2, -0.15) is 0 Å². The largest absolute Gasteiger partial charge is 0.366 e.